The molecule has 2 atom stereocenters. The van der Waals surface area contributed by atoms with Crippen LogP contribution in [0, 0.1) is 5.92 Å². The van der Waals surface area contributed by atoms with E-state index in [9.17, 15) is 14.4 Å². The van der Waals surface area contributed by atoms with Crippen LogP contribution < -0.4 is 16.2 Å². The number of rotatable bonds is 4. The first-order valence-corrected chi connectivity index (χ1v) is 13.8. The van der Waals surface area contributed by atoms with Crippen molar-refractivity contribution in [3.8, 4) is 11.1 Å². The van der Waals surface area contributed by atoms with Crippen LogP contribution in [0.4, 0.5) is 10.5 Å². The molecular formula is C31H34N4O3. The zero-order valence-corrected chi connectivity index (χ0v) is 21.6. The Bertz CT molecular complexity index is 1380. The minimum absolute atomic E-state index is 0.0350. The van der Waals surface area contributed by atoms with Gasteiger partial charge < -0.3 is 20.1 Å². The molecule has 1 aromatic heterocycles. The molecule has 196 valence electrons. The summed E-state index contributed by atoms with van der Waals surface area (Å²) in [5.41, 5.74) is 4.00. The van der Waals surface area contributed by atoms with Gasteiger partial charge in [0, 0.05) is 42.9 Å². The molecule has 2 fully saturated rings. The highest BCUT2D eigenvalue weighted by Crippen LogP contribution is 2.36. The molecule has 0 spiro atoms. The number of hydrogen-bond donors (Lipinski definition) is 2. The first-order valence-electron chi connectivity index (χ1n) is 13.8. The van der Waals surface area contributed by atoms with Crippen LogP contribution in [0.25, 0.3) is 11.1 Å². The van der Waals surface area contributed by atoms with Crippen molar-refractivity contribution in [1.82, 2.24) is 14.8 Å². The Hall–Kier alpha value is -3.87. The van der Waals surface area contributed by atoms with Crippen molar-refractivity contribution in [2.24, 2.45) is 5.92 Å². The Labute approximate surface area is 222 Å². The van der Waals surface area contributed by atoms with Gasteiger partial charge in [0.1, 0.15) is 5.69 Å². The molecule has 2 bridgehead atoms. The topological polar surface area (TPSA) is 83.4 Å². The lowest BCUT2D eigenvalue weighted by Crippen LogP contribution is -2.49. The van der Waals surface area contributed by atoms with Crippen molar-refractivity contribution in [2.75, 3.05) is 18.4 Å². The lowest BCUT2D eigenvalue weighted by molar-refractivity contribution is 0.0594. The van der Waals surface area contributed by atoms with Crippen molar-refractivity contribution in [1.29, 1.82) is 0 Å². The average molecular weight is 511 g/mol. The molecule has 38 heavy (non-hydrogen) atoms. The lowest BCUT2D eigenvalue weighted by atomic mass is 9.83. The van der Waals surface area contributed by atoms with Crippen LogP contribution in [0.15, 0.2) is 71.5 Å². The molecule has 3 aromatic rings. The normalized spacial score (nSPS) is 20.9. The summed E-state index contributed by atoms with van der Waals surface area (Å²) in [4.78, 5) is 41.2. The van der Waals surface area contributed by atoms with Crippen LogP contribution in [0.2, 0.25) is 0 Å². The van der Waals surface area contributed by atoms with E-state index in [1.54, 1.807) is 6.07 Å². The Morgan fingerprint density at radius 3 is 2.29 bits per heavy atom. The summed E-state index contributed by atoms with van der Waals surface area (Å²) in [5, 5.41) is 5.81. The molecule has 1 aliphatic carbocycles. The molecule has 0 unspecified atom stereocenters. The van der Waals surface area contributed by atoms with Gasteiger partial charge in [-0.1, -0.05) is 61.7 Å². The van der Waals surface area contributed by atoms with E-state index in [2.05, 4.69) is 22.8 Å². The maximum atomic E-state index is 13.4. The van der Waals surface area contributed by atoms with E-state index in [-0.39, 0.29) is 35.4 Å². The number of benzene rings is 2. The third kappa shape index (κ3) is 4.97. The second-order valence-electron chi connectivity index (χ2n) is 11.0. The second-order valence-corrected chi connectivity index (χ2v) is 11.0. The number of amides is 3. The smallest absolute Gasteiger partial charge is 0.319 e. The first-order chi connectivity index (χ1) is 18.5. The summed E-state index contributed by atoms with van der Waals surface area (Å²) < 4.78 is 1.81. The quantitative estimate of drug-likeness (QED) is 0.504. The minimum Gasteiger partial charge on any atom is -0.338 e. The number of piperidine rings is 1. The zero-order chi connectivity index (χ0) is 26.1. The standard InChI is InChI=1S/C31H34N4O3/c36-29(24-13-11-23(12-14-24)22-7-3-1-4-8-22)34-18-21-17-25(20-34)28-16-15-27(30(37)35(28)19-21)33-31(38)32-26-9-5-2-6-10-26/h1,3-4,7-8,11-16,21,25-26H,2,5-6,9-10,17-20H2,(H2,32,33,38)/t21-,25-/m1/s1. The number of aromatic nitrogens is 1. The summed E-state index contributed by atoms with van der Waals surface area (Å²) >= 11 is 0. The number of pyridine rings is 1. The molecular weight excluding hydrogens is 476 g/mol. The van der Waals surface area contributed by atoms with Crippen molar-refractivity contribution in [3.05, 3.63) is 88.3 Å². The monoisotopic (exact) mass is 510 g/mol. The highest BCUT2D eigenvalue weighted by atomic mass is 16.2. The minimum atomic E-state index is -0.305. The fourth-order valence-corrected chi connectivity index (χ4v) is 6.42. The third-order valence-corrected chi connectivity index (χ3v) is 8.32. The van der Waals surface area contributed by atoms with Crippen molar-refractivity contribution >= 4 is 17.6 Å². The summed E-state index contributed by atoms with van der Waals surface area (Å²) in [6.45, 7) is 1.77. The van der Waals surface area contributed by atoms with Gasteiger partial charge >= 0.3 is 6.03 Å². The van der Waals surface area contributed by atoms with Crippen LogP contribution in [0.1, 0.15) is 60.5 Å². The van der Waals surface area contributed by atoms with Crippen LogP contribution >= 0.6 is 0 Å². The molecule has 2 aliphatic heterocycles. The number of hydrogen-bond acceptors (Lipinski definition) is 3. The third-order valence-electron chi connectivity index (χ3n) is 8.32. The van der Waals surface area contributed by atoms with Crippen molar-refractivity contribution < 1.29 is 9.59 Å². The van der Waals surface area contributed by atoms with Gasteiger partial charge in [-0.3, -0.25) is 9.59 Å². The number of urea groups is 1. The summed E-state index contributed by atoms with van der Waals surface area (Å²) in [7, 11) is 0. The van der Waals surface area contributed by atoms with Gasteiger partial charge in [-0.05, 0) is 60.6 Å². The van der Waals surface area contributed by atoms with E-state index in [1.807, 2.05) is 58.0 Å². The molecule has 3 heterocycles. The number of likely N-dealkylation sites (tertiary alicyclic amines) is 1. The average Bonchev–Trinajstić information content (AvgIpc) is 2.95. The second kappa shape index (κ2) is 10.5. The number of fused-ring (bicyclic) bond motifs is 4. The van der Waals surface area contributed by atoms with Gasteiger partial charge in [-0.25, -0.2) is 4.79 Å². The molecule has 2 N–H and O–H groups in total. The van der Waals surface area contributed by atoms with Gasteiger partial charge in [-0.15, -0.1) is 0 Å². The molecule has 7 heteroatoms. The fourth-order valence-electron chi connectivity index (χ4n) is 6.42. The molecule has 3 aliphatic rings. The van der Waals surface area contributed by atoms with Gasteiger partial charge in [-0.2, -0.15) is 0 Å². The highest BCUT2D eigenvalue weighted by molar-refractivity contribution is 5.95. The lowest BCUT2D eigenvalue weighted by Gasteiger charge is -2.43. The number of carbonyl (C=O) groups excluding carboxylic acids is 2. The van der Waals surface area contributed by atoms with Crippen LogP contribution in [-0.4, -0.2) is 40.5 Å². The molecule has 1 saturated heterocycles. The van der Waals surface area contributed by atoms with Gasteiger partial charge in [0.25, 0.3) is 11.5 Å². The Balaban J connectivity index is 1.14. The molecule has 2 aromatic carbocycles. The SMILES string of the molecule is O=C(Nc1ccc2n(c1=O)C[C@@H]1C[C@@H]2CN(C(=O)c2ccc(-c3ccccc3)cc2)C1)NC1CCCCC1. The van der Waals surface area contributed by atoms with E-state index in [0.717, 1.165) is 48.9 Å². The largest absolute Gasteiger partial charge is 0.338 e. The fraction of sp³-hybridized carbons (Fsp3) is 0.387. The molecule has 0 radical (unpaired) electrons. The summed E-state index contributed by atoms with van der Waals surface area (Å²) in [6, 6.07) is 21.5. The van der Waals surface area contributed by atoms with Crippen LogP contribution in [-0.2, 0) is 6.54 Å². The highest BCUT2D eigenvalue weighted by Gasteiger charge is 2.37. The molecule has 3 amide bonds. The Morgan fingerprint density at radius 2 is 1.53 bits per heavy atom. The molecule has 6 rings (SSSR count). The van der Waals surface area contributed by atoms with E-state index < -0.39 is 0 Å². The maximum Gasteiger partial charge on any atom is 0.319 e. The summed E-state index contributed by atoms with van der Waals surface area (Å²) in [5.74, 6) is 0.346. The van der Waals surface area contributed by atoms with Crippen LogP contribution in [0.3, 0.4) is 0 Å². The molecule has 7 nitrogen and oxygen atoms in total. The van der Waals surface area contributed by atoms with Crippen LogP contribution in [0.5, 0.6) is 0 Å². The van der Waals surface area contributed by atoms with Gasteiger partial charge in [0.15, 0.2) is 0 Å². The Kier molecular flexibility index (Phi) is 6.75. The van der Waals surface area contributed by atoms with Crippen molar-refractivity contribution in [3.63, 3.8) is 0 Å². The molecule has 1 saturated carbocycles. The zero-order valence-electron chi connectivity index (χ0n) is 21.6. The summed E-state index contributed by atoms with van der Waals surface area (Å²) in [6.07, 6.45) is 6.43. The van der Waals surface area contributed by atoms with Gasteiger partial charge in [0.05, 0.1) is 0 Å². The number of nitrogens with zero attached hydrogens (tertiary/aromatic N) is 2. The Morgan fingerprint density at radius 1 is 0.789 bits per heavy atom. The maximum absolute atomic E-state index is 13.4. The predicted octanol–water partition coefficient (Wildman–Crippen LogP) is 5.23. The number of nitrogens with one attached hydrogen (secondary N) is 2. The van der Waals surface area contributed by atoms with E-state index in [4.69, 9.17) is 0 Å². The number of carbonyl (C=O) groups is 2. The van der Waals surface area contributed by atoms with E-state index in [1.165, 1.54) is 6.42 Å². The predicted molar refractivity (Wildman–Crippen MR) is 148 cm³/mol. The van der Waals surface area contributed by atoms with Gasteiger partial charge in [0.2, 0.25) is 0 Å². The van der Waals surface area contributed by atoms with Crippen molar-refractivity contribution in [2.45, 2.75) is 57.0 Å². The first kappa shape index (κ1) is 24.5. The van der Waals surface area contributed by atoms with E-state index >= 15 is 0 Å². The van der Waals surface area contributed by atoms with E-state index in [0.29, 0.717) is 30.9 Å². The number of anilines is 1.